The largest absolute Gasteiger partial charge is 0.308 e. The van der Waals surface area contributed by atoms with Gasteiger partial charge in [0.1, 0.15) is 5.65 Å². The van der Waals surface area contributed by atoms with E-state index in [1.807, 2.05) is 35.0 Å². The molecule has 3 aromatic heterocycles. The van der Waals surface area contributed by atoms with Gasteiger partial charge >= 0.3 is 0 Å². The number of pyridine rings is 2. The molecule has 0 N–H and O–H groups in total. The maximum absolute atomic E-state index is 12.6. The van der Waals surface area contributed by atoms with Gasteiger partial charge in [-0.15, -0.1) is 0 Å². The maximum atomic E-state index is 12.6. The van der Waals surface area contributed by atoms with E-state index in [2.05, 4.69) is 4.98 Å². The van der Waals surface area contributed by atoms with E-state index in [0.717, 1.165) is 5.65 Å². The van der Waals surface area contributed by atoms with Gasteiger partial charge in [0.2, 0.25) is 10.0 Å². The Morgan fingerprint density at radius 2 is 1.84 bits per heavy atom. The highest BCUT2D eigenvalue weighted by Gasteiger charge is 2.22. The summed E-state index contributed by atoms with van der Waals surface area (Å²) in [6, 6.07) is 8.29. The van der Waals surface area contributed by atoms with Gasteiger partial charge in [-0.25, -0.2) is 13.4 Å². The summed E-state index contributed by atoms with van der Waals surface area (Å²) in [5, 5.41) is 0. The van der Waals surface area contributed by atoms with Crippen LogP contribution in [0.25, 0.3) is 5.65 Å². The number of sulfonamides is 1. The van der Waals surface area contributed by atoms with E-state index in [1.165, 1.54) is 27.2 Å². The van der Waals surface area contributed by atoms with E-state index in [4.69, 9.17) is 0 Å². The quantitative estimate of drug-likeness (QED) is 0.669. The average Bonchev–Trinajstić information content (AvgIpc) is 3.00. The van der Waals surface area contributed by atoms with Gasteiger partial charge in [-0.05, 0) is 18.2 Å². The van der Waals surface area contributed by atoms with E-state index in [1.54, 1.807) is 13.8 Å². The van der Waals surface area contributed by atoms with Crippen molar-refractivity contribution in [3.63, 3.8) is 0 Å². The van der Waals surface area contributed by atoms with Crippen LogP contribution in [0, 0.1) is 0 Å². The van der Waals surface area contributed by atoms with Crippen LogP contribution >= 0.6 is 0 Å². The molecular weight excluding hydrogens is 340 g/mol. The molecule has 0 aliphatic heterocycles. The van der Waals surface area contributed by atoms with Crippen LogP contribution in [0.2, 0.25) is 0 Å². The number of imidazole rings is 1. The highest BCUT2D eigenvalue weighted by molar-refractivity contribution is 7.89. The van der Waals surface area contributed by atoms with Crippen molar-refractivity contribution in [2.24, 2.45) is 0 Å². The van der Waals surface area contributed by atoms with Crippen molar-refractivity contribution in [2.75, 3.05) is 13.1 Å². The van der Waals surface area contributed by atoms with E-state index in [0.29, 0.717) is 18.8 Å². The second-order valence-corrected chi connectivity index (χ2v) is 7.56. The molecule has 0 radical (unpaired) electrons. The highest BCUT2D eigenvalue weighted by atomic mass is 32.2. The van der Waals surface area contributed by atoms with Crippen LogP contribution in [0.15, 0.2) is 58.6 Å². The fourth-order valence-corrected chi connectivity index (χ4v) is 4.21. The number of rotatable bonds is 6. The minimum absolute atomic E-state index is 0.111. The second-order valence-electron chi connectivity index (χ2n) is 5.62. The normalized spacial score (nSPS) is 12.1. The number of fused-ring (bicyclic) bond motifs is 1. The molecule has 132 valence electrons. The summed E-state index contributed by atoms with van der Waals surface area (Å²) >= 11 is 0. The fourth-order valence-electron chi connectivity index (χ4n) is 2.74. The Bertz CT molecular complexity index is 1020. The van der Waals surface area contributed by atoms with Gasteiger partial charge in [0.05, 0.1) is 17.1 Å². The molecule has 0 saturated heterocycles. The Morgan fingerprint density at radius 3 is 2.52 bits per heavy atom. The first kappa shape index (κ1) is 17.4. The molecule has 7 nitrogen and oxygen atoms in total. The average molecular weight is 360 g/mol. The van der Waals surface area contributed by atoms with Crippen molar-refractivity contribution in [1.82, 2.24) is 18.3 Å². The molecule has 0 aromatic carbocycles. The maximum Gasteiger partial charge on any atom is 0.250 e. The Balaban J connectivity index is 1.98. The molecule has 0 unspecified atom stereocenters. The van der Waals surface area contributed by atoms with Crippen LogP contribution in [0.4, 0.5) is 0 Å². The summed E-state index contributed by atoms with van der Waals surface area (Å²) in [6.07, 6.45) is 5.09. The van der Waals surface area contributed by atoms with Crippen LogP contribution in [-0.4, -0.2) is 39.8 Å². The molecule has 0 aliphatic rings. The standard InChI is InChI=1S/C17H20N4O3S/c1-3-21(4-2)25(23,24)15-8-9-17(22)20(13-15)12-14-11-19-10-6-5-7-16(19)18-14/h5-11,13H,3-4,12H2,1-2H3. The first-order chi connectivity index (χ1) is 12.0. The summed E-state index contributed by atoms with van der Waals surface area (Å²) in [5.41, 5.74) is 1.19. The molecule has 8 heteroatoms. The molecule has 0 fully saturated rings. The minimum Gasteiger partial charge on any atom is -0.308 e. The van der Waals surface area contributed by atoms with E-state index in [9.17, 15) is 13.2 Å². The van der Waals surface area contributed by atoms with E-state index >= 15 is 0 Å². The smallest absolute Gasteiger partial charge is 0.250 e. The second kappa shape index (κ2) is 6.81. The Hall–Kier alpha value is -2.45. The van der Waals surface area contributed by atoms with E-state index in [-0.39, 0.29) is 17.0 Å². The molecule has 0 atom stereocenters. The lowest BCUT2D eigenvalue weighted by molar-refractivity contribution is 0.444. The Labute approximate surface area is 146 Å². The SMILES string of the molecule is CCN(CC)S(=O)(=O)c1ccc(=O)n(Cc2cn3ccccc3n2)c1. The van der Waals surface area contributed by atoms with Crippen molar-refractivity contribution < 1.29 is 8.42 Å². The summed E-state index contributed by atoms with van der Waals surface area (Å²) in [7, 11) is -3.61. The zero-order valence-electron chi connectivity index (χ0n) is 14.2. The molecular formula is C17H20N4O3S. The van der Waals surface area contributed by atoms with Gasteiger partial charge < -0.3 is 8.97 Å². The molecule has 0 bridgehead atoms. The highest BCUT2D eigenvalue weighted by Crippen LogP contribution is 2.14. The first-order valence-electron chi connectivity index (χ1n) is 8.09. The van der Waals surface area contributed by atoms with Crippen molar-refractivity contribution >= 4 is 15.7 Å². The molecule has 3 heterocycles. The molecule has 3 rings (SSSR count). The number of hydrogen-bond acceptors (Lipinski definition) is 4. The Morgan fingerprint density at radius 1 is 1.08 bits per heavy atom. The molecule has 3 aromatic rings. The summed E-state index contributed by atoms with van der Waals surface area (Å²) in [5.74, 6) is 0. The predicted octanol–water partition coefficient (Wildman–Crippen LogP) is 1.57. The molecule has 0 amide bonds. The third-order valence-electron chi connectivity index (χ3n) is 4.05. The monoisotopic (exact) mass is 360 g/mol. The zero-order chi connectivity index (χ0) is 18.0. The van der Waals surface area contributed by atoms with Gasteiger partial charge in [0.25, 0.3) is 5.56 Å². The van der Waals surface area contributed by atoms with E-state index < -0.39 is 10.0 Å². The topological polar surface area (TPSA) is 76.7 Å². The lowest BCUT2D eigenvalue weighted by Crippen LogP contribution is -2.32. The molecule has 25 heavy (non-hydrogen) atoms. The van der Waals surface area contributed by atoms with Crippen LogP contribution in [-0.2, 0) is 16.6 Å². The third kappa shape index (κ3) is 3.35. The van der Waals surface area contributed by atoms with Gasteiger partial charge in [-0.3, -0.25) is 4.79 Å². The Kier molecular flexibility index (Phi) is 4.73. The molecule has 0 saturated carbocycles. The van der Waals surface area contributed by atoms with Gasteiger partial charge in [-0.2, -0.15) is 4.31 Å². The first-order valence-corrected chi connectivity index (χ1v) is 9.53. The lowest BCUT2D eigenvalue weighted by atomic mass is 10.4. The number of aromatic nitrogens is 3. The van der Waals surface area contributed by atoms with Crippen molar-refractivity contribution in [2.45, 2.75) is 25.3 Å². The number of hydrogen-bond donors (Lipinski definition) is 0. The van der Waals surface area contributed by atoms with Crippen LogP contribution in [0.5, 0.6) is 0 Å². The summed E-state index contributed by atoms with van der Waals surface area (Å²) in [4.78, 5) is 16.7. The van der Waals surface area contributed by atoms with Crippen LogP contribution in [0.3, 0.4) is 0 Å². The third-order valence-corrected chi connectivity index (χ3v) is 6.08. The zero-order valence-corrected chi connectivity index (χ0v) is 15.0. The number of nitrogens with zero attached hydrogens (tertiary/aromatic N) is 4. The lowest BCUT2D eigenvalue weighted by Gasteiger charge is -2.18. The predicted molar refractivity (Wildman–Crippen MR) is 95.1 cm³/mol. The van der Waals surface area contributed by atoms with Crippen molar-refractivity contribution in [3.05, 3.63) is 65.0 Å². The van der Waals surface area contributed by atoms with Crippen LogP contribution in [0.1, 0.15) is 19.5 Å². The van der Waals surface area contributed by atoms with Crippen molar-refractivity contribution in [1.29, 1.82) is 0 Å². The van der Waals surface area contributed by atoms with Crippen molar-refractivity contribution in [3.8, 4) is 0 Å². The minimum atomic E-state index is -3.61. The van der Waals surface area contributed by atoms with Crippen LogP contribution < -0.4 is 5.56 Å². The summed E-state index contributed by atoms with van der Waals surface area (Å²) in [6.45, 7) is 4.54. The fraction of sp³-hybridized carbons (Fsp3) is 0.294. The molecule has 0 aliphatic carbocycles. The van der Waals surface area contributed by atoms with Gasteiger partial charge in [0.15, 0.2) is 0 Å². The van der Waals surface area contributed by atoms with Gasteiger partial charge in [-0.1, -0.05) is 19.9 Å². The van der Waals surface area contributed by atoms with Gasteiger partial charge in [0, 0.05) is 37.7 Å². The molecule has 0 spiro atoms. The summed E-state index contributed by atoms with van der Waals surface area (Å²) < 4.78 is 29.9.